The van der Waals surface area contributed by atoms with Gasteiger partial charge in [-0.1, -0.05) is 72.3 Å². The van der Waals surface area contributed by atoms with Crippen molar-refractivity contribution in [1.29, 1.82) is 0 Å². The van der Waals surface area contributed by atoms with Gasteiger partial charge in [0.05, 0.1) is 0 Å². The van der Waals surface area contributed by atoms with Gasteiger partial charge in [0.15, 0.2) is 6.61 Å². The van der Waals surface area contributed by atoms with Crippen molar-refractivity contribution < 1.29 is 14.3 Å². The Morgan fingerprint density at radius 2 is 1.72 bits per heavy atom. The first-order valence-corrected chi connectivity index (χ1v) is 10.8. The van der Waals surface area contributed by atoms with Crippen LogP contribution in [0.2, 0.25) is 5.02 Å². The van der Waals surface area contributed by atoms with Gasteiger partial charge >= 0.3 is 0 Å². The van der Waals surface area contributed by atoms with Gasteiger partial charge in [-0.2, -0.15) is 0 Å². The zero-order valence-corrected chi connectivity index (χ0v) is 19.0. The summed E-state index contributed by atoms with van der Waals surface area (Å²) in [6.07, 6.45) is 0.398. The zero-order valence-electron chi connectivity index (χ0n) is 18.3. The number of ether oxygens (including phenoxy) is 1. The molecular weight excluding hydrogens is 424 g/mol. The summed E-state index contributed by atoms with van der Waals surface area (Å²) in [7, 11) is 1.58. The van der Waals surface area contributed by atoms with Crippen LogP contribution in [-0.4, -0.2) is 36.4 Å². The maximum Gasteiger partial charge on any atom is 0.261 e. The molecule has 166 valence electrons. The first kappa shape index (κ1) is 23.4. The van der Waals surface area contributed by atoms with Crippen molar-refractivity contribution in [1.82, 2.24) is 10.2 Å². The largest absolute Gasteiger partial charge is 0.484 e. The lowest BCUT2D eigenvalue weighted by molar-refractivity contribution is -0.142. The summed E-state index contributed by atoms with van der Waals surface area (Å²) >= 11 is 6.02. The summed E-state index contributed by atoms with van der Waals surface area (Å²) in [6, 6.07) is 23.7. The van der Waals surface area contributed by atoms with Crippen molar-refractivity contribution in [2.45, 2.75) is 25.9 Å². The molecule has 3 aromatic carbocycles. The number of nitrogens with one attached hydrogen (secondary N) is 1. The molecule has 3 rings (SSSR count). The number of likely N-dealkylation sites (N-methyl/N-ethyl adjacent to an activating group) is 1. The monoisotopic (exact) mass is 450 g/mol. The number of halogens is 1. The third kappa shape index (κ3) is 6.34. The summed E-state index contributed by atoms with van der Waals surface area (Å²) in [5.41, 5.74) is 3.00. The summed E-state index contributed by atoms with van der Waals surface area (Å²) in [5.74, 6) is -0.00227. The molecule has 2 amide bonds. The molecule has 0 fully saturated rings. The van der Waals surface area contributed by atoms with Gasteiger partial charge in [0.2, 0.25) is 5.91 Å². The van der Waals surface area contributed by atoms with Gasteiger partial charge in [-0.15, -0.1) is 0 Å². The third-order valence-corrected chi connectivity index (χ3v) is 5.51. The van der Waals surface area contributed by atoms with Gasteiger partial charge in [0.25, 0.3) is 5.91 Å². The second kappa shape index (κ2) is 11.3. The molecule has 0 heterocycles. The molecule has 0 saturated carbocycles. The minimum Gasteiger partial charge on any atom is -0.484 e. The molecular formula is C26H27ClN2O3. The standard InChI is InChI=1S/C26H27ClN2O3/c1-19-9-6-7-12-21(19)17-29(25(30)18-32-23-14-8-13-22(27)16-23)24(26(31)28-2)15-20-10-4-3-5-11-20/h3-14,16,24H,15,17-18H2,1-2H3,(H,28,31). The third-order valence-electron chi connectivity index (χ3n) is 5.28. The number of hydrogen-bond donors (Lipinski definition) is 1. The number of hydrogen-bond acceptors (Lipinski definition) is 3. The molecule has 0 saturated heterocycles. The summed E-state index contributed by atoms with van der Waals surface area (Å²) < 4.78 is 5.70. The van der Waals surface area contributed by atoms with E-state index < -0.39 is 6.04 Å². The van der Waals surface area contributed by atoms with Gasteiger partial charge in [-0.25, -0.2) is 0 Å². The highest BCUT2D eigenvalue weighted by Crippen LogP contribution is 2.19. The SMILES string of the molecule is CNC(=O)C(Cc1ccccc1)N(Cc1ccccc1C)C(=O)COc1cccc(Cl)c1. The highest BCUT2D eigenvalue weighted by molar-refractivity contribution is 6.30. The fourth-order valence-electron chi connectivity index (χ4n) is 3.48. The Morgan fingerprint density at radius 1 is 1.00 bits per heavy atom. The number of rotatable bonds is 9. The van der Waals surface area contributed by atoms with Crippen molar-refractivity contribution in [3.05, 3.63) is 101 Å². The average molecular weight is 451 g/mol. The summed E-state index contributed by atoms with van der Waals surface area (Å²) in [6.45, 7) is 2.09. The number of amides is 2. The van der Waals surface area contributed by atoms with Crippen LogP contribution in [0.1, 0.15) is 16.7 Å². The predicted octanol–water partition coefficient (Wildman–Crippen LogP) is 4.41. The highest BCUT2D eigenvalue weighted by Gasteiger charge is 2.30. The molecule has 0 aliphatic rings. The maximum absolute atomic E-state index is 13.4. The quantitative estimate of drug-likeness (QED) is 0.525. The number of carbonyl (C=O) groups is 2. The van der Waals surface area contributed by atoms with Crippen LogP contribution in [0.5, 0.6) is 5.75 Å². The molecule has 5 nitrogen and oxygen atoms in total. The minimum atomic E-state index is -0.683. The van der Waals surface area contributed by atoms with Gasteiger partial charge < -0.3 is 15.0 Å². The van der Waals surface area contributed by atoms with E-state index in [1.165, 1.54) is 0 Å². The molecule has 6 heteroatoms. The van der Waals surface area contributed by atoms with Gasteiger partial charge in [0.1, 0.15) is 11.8 Å². The van der Waals surface area contributed by atoms with E-state index in [2.05, 4.69) is 5.32 Å². The fourth-order valence-corrected chi connectivity index (χ4v) is 3.66. The highest BCUT2D eigenvalue weighted by atomic mass is 35.5. The van der Waals surface area contributed by atoms with E-state index >= 15 is 0 Å². The number of aryl methyl sites for hydroxylation is 1. The van der Waals surface area contributed by atoms with E-state index in [1.54, 1.807) is 36.2 Å². The van der Waals surface area contributed by atoms with Gasteiger partial charge in [-0.05, 0) is 41.8 Å². The molecule has 1 atom stereocenters. The van der Waals surface area contributed by atoms with Crippen molar-refractivity contribution >= 4 is 23.4 Å². The second-order valence-corrected chi connectivity index (χ2v) is 7.95. The Morgan fingerprint density at radius 3 is 2.41 bits per heavy atom. The van der Waals surface area contributed by atoms with Crippen molar-refractivity contribution in [2.24, 2.45) is 0 Å². The normalized spacial score (nSPS) is 11.5. The van der Waals surface area contributed by atoms with Crippen LogP contribution in [0.4, 0.5) is 0 Å². The lowest BCUT2D eigenvalue weighted by atomic mass is 10.0. The first-order valence-electron chi connectivity index (χ1n) is 10.5. The molecule has 0 aliphatic heterocycles. The Kier molecular flexibility index (Phi) is 8.28. The van der Waals surface area contributed by atoms with Crippen molar-refractivity contribution in [3.63, 3.8) is 0 Å². The number of carbonyl (C=O) groups excluding carboxylic acids is 2. The van der Waals surface area contributed by atoms with Crippen LogP contribution in [0.15, 0.2) is 78.9 Å². The van der Waals surface area contributed by atoms with Crippen LogP contribution in [-0.2, 0) is 22.6 Å². The molecule has 0 bridgehead atoms. The van der Waals surface area contributed by atoms with E-state index in [0.717, 1.165) is 16.7 Å². The number of benzene rings is 3. The molecule has 0 radical (unpaired) electrons. The van der Waals surface area contributed by atoms with Crippen LogP contribution in [0.25, 0.3) is 0 Å². The van der Waals surface area contributed by atoms with Crippen LogP contribution < -0.4 is 10.1 Å². The smallest absolute Gasteiger partial charge is 0.261 e. The van der Waals surface area contributed by atoms with E-state index in [4.69, 9.17) is 16.3 Å². The Labute approximate surface area is 194 Å². The van der Waals surface area contributed by atoms with Crippen LogP contribution in [0, 0.1) is 6.92 Å². The number of nitrogens with zero attached hydrogens (tertiary/aromatic N) is 1. The molecule has 0 aliphatic carbocycles. The van der Waals surface area contributed by atoms with E-state index in [-0.39, 0.29) is 18.4 Å². The van der Waals surface area contributed by atoms with Crippen LogP contribution in [0.3, 0.4) is 0 Å². The Balaban J connectivity index is 1.88. The maximum atomic E-state index is 13.4. The van der Waals surface area contributed by atoms with Crippen molar-refractivity contribution in [3.8, 4) is 5.75 Å². The summed E-state index contributed by atoms with van der Waals surface area (Å²) in [5, 5.41) is 3.24. The Hall–Kier alpha value is -3.31. The lowest BCUT2D eigenvalue weighted by Gasteiger charge is -2.31. The van der Waals surface area contributed by atoms with Crippen molar-refractivity contribution in [2.75, 3.05) is 13.7 Å². The molecule has 0 aromatic heterocycles. The fraction of sp³-hybridized carbons (Fsp3) is 0.231. The molecule has 3 aromatic rings. The predicted molar refractivity (Wildman–Crippen MR) is 127 cm³/mol. The molecule has 1 unspecified atom stereocenters. The Bertz CT molecular complexity index is 1060. The molecule has 0 spiro atoms. The van der Waals surface area contributed by atoms with Gasteiger partial charge in [0, 0.05) is 25.0 Å². The average Bonchev–Trinajstić information content (AvgIpc) is 2.81. The van der Waals surface area contributed by atoms with E-state index in [0.29, 0.717) is 23.7 Å². The second-order valence-electron chi connectivity index (χ2n) is 7.51. The molecule has 1 N–H and O–H groups in total. The first-order chi connectivity index (χ1) is 15.5. The minimum absolute atomic E-state index is 0.200. The van der Waals surface area contributed by atoms with E-state index in [1.807, 2.05) is 61.5 Å². The lowest BCUT2D eigenvalue weighted by Crippen LogP contribution is -2.51. The topological polar surface area (TPSA) is 58.6 Å². The summed E-state index contributed by atoms with van der Waals surface area (Å²) in [4.78, 5) is 27.8. The van der Waals surface area contributed by atoms with Crippen LogP contribution >= 0.6 is 11.6 Å². The van der Waals surface area contributed by atoms with Gasteiger partial charge in [-0.3, -0.25) is 9.59 Å². The van der Waals surface area contributed by atoms with E-state index in [9.17, 15) is 9.59 Å². The zero-order chi connectivity index (χ0) is 22.9. The molecule has 32 heavy (non-hydrogen) atoms.